The topological polar surface area (TPSA) is 91.8 Å². The van der Waals surface area contributed by atoms with Crippen molar-refractivity contribution in [1.29, 1.82) is 0 Å². The zero-order valence-corrected chi connectivity index (χ0v) is 12.7. The first-order valence-electron chi connectivity index (χ1n) is 6.42. The van der Waals surface area contributed by atoms with Crippen LogP contribution in [0.2, 0.25) is 0 Å². The van der Waals surface area contributed by atoms with Gasteiger partial charge in [0.15, 0.2) is 5.82 Å². The monoisotopic (exact) mass is 302 g/mol. The van der Waals surface area contributed by atoms with Crippen LogP contribution in [0.25, 0.3) is 21.7 Å². The van der Waals surface area contributed by atoms with Gasteiger partial charge in [0.25, 0.3) is 0 Å². The van der Waals surface area contributed by atoms with Gasteiger partial charge in [0, 0.05) is 5.41 Å². The molecule has 0 saturated heterocycles. The molecule has 6 nitrogen and oxygen atoms in total. The van der Waals surface area contributed by atoms with Gasteiger partial charge in [-0.1, -0.05) is 25.3 Å². The molecule has 0 aliphatic heterocycles. The van der Waals surface area contributed by atoms with Gasteiger partial charge in [0.05, 0.1) is 22.3 Å². The average Bonchev–Trinajstić information content (AvgIpc) is 3.03. The van der Waals surface area contributed by atoms with E-state index in [1.54, 1.807) is 18.2 Å². The van der Waals surface area contributed by atoms with Crippen molar-refractivity contribution in [2.24, 2.45) is 0 Å². The molecular formula is C14H14N4O2S. The highest BCUT2D eigenvalue weighted by Gasteiger charge is 2.25. The largest absolute Gasteiger partial charge is 0.478 e. The smallest absolute Gasteiger partial charge is 0.335 e. The minimum atomic E-state index is -0.956. The van der Waals surface area contributed by atoms with E-state index in [4.69, 9.17) is 5.11 Å². The number of carbonyl (C=O) groups is 1. The van der Waals surface area contributed by atoms with Gasteiger partial charge in [-0.2, -0.15) is 0 Å². The summed E-state index contributed by atoms with van der Waals surface area (Å²) in [6.45, 7) is 6.20. The first-order valence-corrected chi connectivity index (χ1v) is 7.20. The number of benzene rings is 1. The van der Waals surface area contributed by atoms with Crippen molar-refractivity contribution in [2.75, 3.05) is 0 Å². The molecule has 0 bridgehead atoms. The third-order valence-corrected chi connectivity index (χ3v) is 3.87. The average molecular weight is 302 g/mol. The molecule has 21 heavy (non-hydrogen) atoms. The van der Waals surface area contributed by atoms with E-state index in [9.17, 15) is 4.79 Å². The normalized spacial score (nSPS) is 12.0. The van der Waals surface area contributed by atoms with Gasteiger partial charge in [-0.05, 0) is 29.7 Å². The number of aromatic carboxylic acids is 1. The summed E-state index contributed by atoms with van der Waals surface area (Å²) in [7, 11) is 0. The maximum atomic E-state index is 11.0. The van der Waals surface area contributed by atoms with Crippen LogP contribution in [0.1, 0.15) is 36.8 Å². The molecule has 3 rings (SSSR count). The van der Waals surface area contributed by atoms with Gasteiger partial charge in [-0.25, -0.2) is 9.78 Å². The van der Waals surface area contributed by atoms with Gasteiger partial charge in [-0.3, -0.25) is 0 Å². The molecule has 0 atom stereocenters. The number of fused-ring (bicyclic) bond motifs is 1. The minimum absolute atomic E-state index is 0.131. The molecule has 0 aliphatic rings. The molecule has 108 valence electrons. The van der Waals surface area contributed by atoms with Crippen molar-refractivity contribution < 1.29 is 9.90 Å². The lowest BCUT2D eigenvalue weighted by Crippen LogP contribution is -2.13. The van der Waals surface area contributed by atoms with E-state index < -0.39 is 5.97 Å². The zero-order chi connectivity index (χ0) is 15.2. The highest BCUT2D eigenvalue weighted by molar-refractivity contribution is 7.09. The van der Waals surface area contributed by atoms with Crippen molar-refractivity contribution in [3.05, 3.63) is 29.5 Å². The number of rotatable bonds is 2. The maximum Gasteiger partial charge on any atom is 0.335 e. The Labute approximate surface area is 125 Å². The predicted octanol–water partition coefficient (Wildman–Crippen LogP) is 3.08. The summed E-state index contributed by atoms with van der Waals surface area (Å²) in [6, 6.07) is 4.83. The van der Waals surface area contributed by atoms with Crippen LogP contribution in [0.3, 0.4) is 0 Å². The molecule has 1 aromatic carbocycles. The van der Waals surface area contributed by atoms with Gasteiger partial charge in [-0.15, -0.1) is 5.10 Å². The summed E-state index contributed by atoms with van der Waals surface area (Å²) in [5, 5.41) is 13.2. The van der Waals surface area contributed by atoms with Crippen molar-refractivity contribution in [3.8, 4) is 10.7 Å². The Morgan fingerprint density at radius 1 is 1.33 bits per heavy atom. The Hall–Kier alpha value is -2.28. The van der Waals surface area contributed by atoms with Gasteiger partial charge >= 0.3 is 5.97 Å². The Morgan fingerprint density at radius 3 is 2.76 bits per heavy atom. The molecule has 0 amide bonds. The van der Waals surface area contributed by atoms with Crippen molar-refractivity contribution in [1.82, 2.24) is 19.6 Å². The summed E-state index contributed by atoms with van der Waals surface area (Å²) in [5.41, 5.74) is 2.40. The number of carboxylic acid groups (broad SMARTS) is 1. The van der Waals surface area contributed by atoms with Crippen LogP contribution >= 0.6 is 11.5 Å². The van der Waals surface area contributed by atoms with E-state index >= 15 is 0 Å². The number of hydrogen-bond donors (Lipinski definition) is 2. The Balaban J connectivity index is 2.14. The number of hydrogen-bond acceptors (Lipinski definition) is 5. The molecule has 0 fully saturated rings. The second-order valence-electron chi connectivity index (χ2n) is 5.82. The molecule has 2 aromatic heterocycles. The van der Waals surface area contributed by atoms with E-state index in [2.05, 4.69) is 40.3 Å². The fourth-order valence-corrected chi connectivity index (χ4v) is 2.91. The molecule has 0 spiro atoms. The molecule has 2 N–H and O–H groups in total. The lowest BCUT2D eigenvalue weighted by Gasteiger charge is -2.15. The van der Waals surface area contributed by atoms with E-state index in [1.807, 2.05) is 0 Å². The Morgan fingerprint density at radius 2 is 2.10 bits per heavy atom. The third-order valence-electron chi connectivity index (χ3n) is 3.14. The van der Waals surface area contributed by atoms with E-state index in [1.165, 1.54) is 11.5 Å². The SMILES string of the molecule is CC(C)(C)c1nnsc1-c1nc2ccc(C(=O)O)cc2[nH]1. The maximum absolute atomic E-state index is 11.0. The van der Waals surface area contributed by atoms with Crippen LogP contribution in [-0.4, -0.2) is 30.6 Å². The standard InChI is InChI=1S/C14H14N4O2S/c1-14(2,3)11-10(21-18-17-11)12-15-8-5-4-7(13(19)20)6-9(8)16-12/h4-6H,1-3H3,(H,15,16)(H,19,20). The van der Waals surface area contributed by atoms with Crippen LogP contribution in [0, 0.1) is 0 Å². The lowest BCUT2D eigenvalue weighted by atomic mass is 9.91. The number of nitrogens with zero attached hydrogens (tertiary/aromatic N) is 3. The molecular weight excluding hydrogens is 288 g/mol. The molecule has 7 heteroatoms. The van der Waals surface area contributed by atoms with Gasteiger partial charge in [0.1, 0.15) is 4.88 Å². The summed E-state index contributed by atoms with van der Waals surface area (Å²) < 4.78 is 4.02. The third kappa shape index (κ3) is 2.40. The van der Waals surface area contributed by atoms with E-state index in [0.717, 1.165) is 16.1 Å². The van der Waals surface area contributed by atoms with E-state index in [0.29, 0.717) is 11.3 Å². The summed E-state index contributed by atoms with van der Waals surface area (Å²) in [6.07, 6.45) is 0. The van der Waals surface area contributed by atoms with Crippen LogP contribution in [0.5, 0.6) is 0 Å². The van der Waals surface area contributed by atoms with Gasteiger partial charge < -0.3 is 10.1 Å². The van der Waals surface area contributed by atoms with Crippen LogP contribution in [-0.2, 0) is 5.41 Å². The van der Waals surface area contributed by atoms with Crippen molar-refractivity contribution in [2.45, 2.75) is 26.2 Å². The van der Waals surface area contributed by atoms with Crippen LogP contribution < -0.4 is 0 Å². The molecule has 0 radical (unpaired) electrons. The fraction of sp³-hybridized carbons (Fsp3) is 0.286. The van der Waals surface area contributed by atoms with Crippen molar-refractivity contribution >= 4 is 28.5 Å². The molecule has 3 aromatic rings. The Bertz CT molecular complexity index is 829. The number of carboxylic acids is 1. The zero-order valence-electron chi connectivity index (χ0n) is 11.8. The van der Waals surface area contributed by atoms with Crippen LogP contribution in [0.15, 0.2) is 18.2 Å². The lowest BCUT2D eigenvalue weighted by molar-refractivity contribution is 0.0697. The molecule has 0 saturated carbocycles. The fourth-order valence-electron chi connectivity index (χ4n) is 2.09. The van der Waals surface area contributed by atoms with Gasteiger partial charge in [0.2, 0.25) is 0 Å². The number of aromatic nitrogens is 4. The number of H-pyrrole nitrogens is 1. The minimum Gasteiger partial charge on any atom is -0.478 e. The van der Waals surface area contributed by atoms with Crippen LogP contribution in [0.4, 0.5) is 0 Å². The molecule has 2 heterocycles. The summed E-state index contributed by atoms with van der Waals surface area (Å²) in [5.74, 6) is -0.282. The first-order chi connectivity index (χ1) is 9.86. The number of imidazole rings is 1. The highest BCUT2D eigenvalue weighted by Crippen LogP contribution is 2.33. The summed E-state index contributed by atoms with van der Waals surface area (Å²) in [4.78, 5) is 19.6. The van der Waals surface area contributed by atoms with E-state index in [-0.39, 0.29) is 11.0 Å². The summed E-state index contributed by atoms with van der Waals surface area (Å²) >= 11 is 1.28. The predicted molar refractivity (Wildman–Crippen MR) is 80.7 cm³/mol. The second-order valence-corrected chi connectivity index (χ2v) is 6.58. The highest BCUT2D eigenvalue weighted by atomic mass is 32.1. The second kappa shape index (κ2) is 4.63. The number of aromatic amines is 1. The Kier molecular flexibility index (Phi) is 3.02. The molecule has 0 unspecified atom stereocenters. The van der Waals surface area contributed by atoms with Crippen molar-refractivity contribution in [3.63, 3.8) is 0 Å². The molecule has 0 aliphatic carbocycles. The first kappa shape index (κ1) is 13.7. The number of nitrogens with one attached hydrogen (secondary N) is 1. The quantitative estimate of drug-likeness (QED) is 0.759.